The van der Waals surface area contributed by atoms with Crippen molar-refractivity contribution in [2.45, 2.75) is 13.0 Å². The van der Waals surface area contributed by atoms with Gasteiger partial charge in [0.2, 0.25) is 0 Å². The van der Waals surface area contributed by atoms with E-state index in [1.165, 1.54) is 5.56 Å². The minimum atomic E-state index is 0.502. The van der Waals surface area contributed by atoms with E-state index in [9.17, 15) is 0 Å². The summed E-state index contributed by atoms with van der Waals surface area (Å²) < 4.78 is 6.73. The second kappa shape index (κ2) is 6.52. The van der Waals surface area contributed by atoms with Gasteiger partial charge in [0.05, 0.1) is 6.61 Å². The van der Waals surface area contributed by atoms with Gasteiger partial charge in [-0.25, -0.2) is 0 Å². The summed E-state index contributed by atoms with van der Waals surface area (Å²) in [5.41, 5.74) is 7.92. The molecule has 0 aliphatic heterocycles. The van der Waals surface area contributed by atoms with E-state index in [0.717, 1.165) is 22.2 Å². The average Bonchev–Trinajstić information content (AvgIpc) is 2.42. The predicted octanol–water partition coefficient (Wildman–Crippen LogP) is 2.92. The van der Waals surface area contributed by atoms with E-state index < -0.39 is 0 Å². The second-order valence-electron chi connectivity index (χ2n) is 3.91. The monoisotopic (exact) mass is 306 g/mol. The number of aromatic nitrogens is 1. The van der Waals surface area contributed by atoms with Gasteiger partial charge in [0.1, 0.15) is 5.75 Å². The van der Waals surface area contributed by atoms with Crippen LogP contribution in [0.5, 0.6) is 5.75 Å². The molecule has 0 spiro atoms. The van der Waals surface area contributed by atoms with Crippen molar-refractivity contribution in [3.05, 3.63) is 58.3 Å². The van der Waals surface area contributed by atoms with E-state index in [2.05, 4.69) is 20.9 Å². The SMILES string of the molecule is NCc1cc(OCCc2ccncc2)ccc1Br. The van der Waals surface area contributed by atoms with Crippen LogP contribution in [-0.2, 0) is 13.0 Å². The van der Waals surface area contributed by atoms with Crippen LogP contribution in [0, 0.1) is 0 Å². The lowest BCUT2D eigenvalue weighted by Gasteiger charge is -2.08. The molecule has 2 rings (SSSR count). The fourth-order valence-electron chi connectivity index (χ4n) is 1.63. The Hall–Kier alpha value is -1.39. The maximum atomic E-state index is 5.71. The van der Waals surface area contributed by atoms with E-state index in [4.69, 9.17) is 10.5 Å². The summed E-state index contributed by atoms with van der Waals surface area (Å²) in [7, 11) is 0. The molecule has 2 aromatic rings. The molecule has 0 aliphatic carbocycles. The maximum absolute atomic E-state index is 5.71. The van der Waals surface area contributed by atoms with Crippen molar-refractivity contribution in [3.63, 3.8) is 0 Å². The first kappa shape index (κ1) is 13.1. The fraction of sp³-hybridized carbons (Fsp3) is 0.214. The van der Waals surface area contributed by atoms with Gasteiger partial charge in [-0.05, 0) is 41.5 Å². The van der Waals surface area contributed by atoms with Crippen molar-refractivity contribution in [2.24, 2.45) is 5.73 Å². The topological polar surface area (TPSA) is 48.1 Å². The average molecular weight is 307 g/mol. The molecular formula is C14H15BrN2O. The number of ether oxygens (including phenoxy) is 1. The molecule has 0 radical (unpaired) electrons. The molecule has 0 amide bonds. The number of benzene rings is 1. The number of pyridine rings is 1. The molecule has 4 heteroatoms. The molecule has 2 N–H and O–H groups in total. The lowest BCUT2D eigenvalue weighted by atomic mass is 10.2. The number of rotatable bonds is 5. The summed E-state index contributed by atoms with van der Waals surface area (Å²) in [4.78, 5) is 3.98. The Morgan fingerprint density at radius 3 is 2.67 bits per heavy atom. The van der Waals surface area contributed by atoms with E-state index in [-0.39, 0.29) is 0 Å². The van der Waals surface area contributed by atoms with E-state index in [1.54, 1.807) is 12.4 Å². The Kier molecular flexibility index (Phi) is 4.73. The van der Waals surface area contributed by atoms with E-state index in [1.807, 2.05) is 30.3 Å². The normalized spacial score (nSPS) is 10.3. The number of halogens is 1. The van der Waals surface area contributed by atoms with Gasteiger partial charge >= 0.3 is 0 Å². The molecule has 0 unspecified atom stereocenters. The summed E-state index contributed by atoms with van der Waals surface area (Å²) in [6.45, 7) is 1.15. The third-order valence-corrected chi connectivity index (χ3v) is 3.42. The first-order chi connectivity index (χ1) is 8.79. The van der Waals surface area contributed by atoms with Gasteiger partial charge in [-0.1, -0.05) is 15.9 Å². The molecule has 3 nitrogen and oxygen atoms in total. The van der Waals surface area contributed by atoms with Crippen molar-refractivity contribution in [2.75, 3.05) is 6.61 Å². The highest BCUT2D eigenvalue weighted by atomic mass is 79.9. The highest BCUT2D eigenvalue weighted by Gasteiger charge is 2.01. The molecule has 1 aromatic heterocycles. The third-order valence-electron chi connectivity index (χ3n) is 2.65. The third kappa shape index (κ3) is 3.55. The van der Waals surface area contributed by atoms with Gasteiger partial charge in [0.15, 0.2) is 0 Å². The van der Waals surface area contributed by atoms with E-state index in [0.29, 0.717) is 13.2 Å². The molecule has 18 heavy (non-hydrogen) atoms. The molecule has 0 saturated carbocycles. The molecule has 0 atom stereocenters. The van der Waals surface area contributed by atoms with Crippen molar-refractivity contribution < 1.29 is 4.74 Å². The first-order valence-corrected chi connectivity index (χ1v) is 6.59. The Morgan fingerprint density at radius 2 is 1.94 bits per heavy atom. The molecule has 1 heterocycles. The molecule has 0 fully saturated rings. The van der Waals surface area contributed by atoms with Gasteiger partial charge in [0, 0.05) is 29.8 Å². The zero-order valence-corrected chi connectivity index (χ0v) is 11.6. The van der Waals surface area contributed by atoms with Gasteiger partial charge in [-0.2, -0.15) is 0 Å². The summed E-state index contributed by atoms with van der Waals surface area (Å²) >= 11 is 3.45. The van der Waals surface area contributed by atoms with Gasteiger partial charge in [-0.3, -0.25) is 4.98 Å². The summed E-state index contributed by atoms with van der Waals surface area (Å²) in [5.74, 6) is 0.854. The molecule has 0 aliphatic rings. The maximum Gasteiger partial charge on any atom is 0.119 e. The highest BCUT2D eigenvalue weighted by molar-refractivity contribution is 9.10. The Morgan fingerprint density at radius 1 is 1.17 bits per heavy atom. The van der Waals surface area contributed by atoms with Gasteiger partial charge in [0.25, 0.3) is 0 Å². The number of nitrogens with zero attached hydrogens (tertiary/aromatic N) is 1. The summed E-state index contributed by atoms with van der Waals surface area (Å²) in [5, 5.41) is 0. The molecular weight excluding hydrogens is 292 g/mol. The second-order valence-corrected chi connectivity index (χ2v) is 4.77. The summed E-state index contributed by atoms with van der Waals surface area (Å²) in [6, 6.07) is 9.86. The fourth-order valence-corrected chi connectivity index (χ4v) is 2.04. The van der Waals surface area contributed by atoms with Crippen LogP contribution >= 0.6 is 15.9 Å². The van der Waals surface area contributed by atoms with Gasteiger partial charge < -0.3 is 10.5 Å². The van der Waals surface area contributed by atoms with Crippen LogP contribution in [0.2, 0.25) is 0 Å². The quantitative estimate of drug-likeness (QED) is 0.924. The van der Waals surface area contributed by atoms with Crippen LogP contribution in [0.1, 0.15) is 11.1 Å². The highest BCUT2D eigenvalue weighted by Crippen LogP contribution is 2.22. The van der Waals surface area contributed by atoms with Crippen LogP contribution in [-0.4, -0.2) is 11.6 Å². The minimum Gasteiger partial charge on any atom is -0.493 e. The van der Waals surface area contributed by atoms with Crippen LogP contribution in [0.15, 0.2) is 47.2 Å². The zero-order valence-electron chi connectivity index (χ0n) is 9.97. The molecule has 0 saturated heterocycles. The molecule has 94 valence electrons. The predicted molar refractivity (Wildman–Crippen MR) is 75.5 cm³/mol. The Balaban J connectivity index is 1.91. The van der Waals surface area contributed by atoms with Crippen molar-refractivity contribution in [1.29, 1.82) is 0 Å². The largest absolute Gasteiger partial charge is 0.493 e. The molecule has 0 bridgehead atoms. The Labute approximate surface area is 115 Å². The van der Waals surface area contributed by atoms with Gasteiger partial charge in [-0.15, -0.1) is 0 Å². The molecule has 1 aromatic carbocycles. The van der Waals surface area contributed by atoms with Crippen LogP contribution in [0.4, 0.5) is 0 Å². The number of hydrogen-bond acceptors (Lipinski definition) is 3. The van der Waals surface area contributed by atoms with Crippen LogP contribution in [0.25, 0.3) is 0 Å². The van der Waals surface area contributed by atoms with Crippen LogP contribution < -0.4 is 10.5 Å². The lowest BCUT2D eigenvalue weighted by molar-refractivity contribution is 0.321. The number of hydrogen-bond donors (Lipinski definition) is 1. The number of nitrogens with two attached hydrogens (primary N) is 1. The standard InChI is InChI=1S/C14H15BrN2O/c15-14-2-1-13(9-12(14)10-16)18-8-5-11-3-6-17-7-4-11/h1-4,6-7,9H,5,8,10,16H2. The lowest BCUT2D eigenvalue weighted by Crippen LogP contribution is -2.03. The van der Waals surface area contributed by atoms with E-state index >= 15 is 0 Å². The van der Waals surface area contributed by atoms with Crippen LogP contribution in [0.3, 0.4) is 0 Å². The Bertz CT molecular complexity index is 502. The first-order valence-electron chi connectivity index (χ1n) is 5.80. The minimum absolute atomic E-state index is 0.502. The van der Waals surface area contributed by atoms with Crippen molar-refractivity contribution >= 4 is 15.9 Å². The van der Waals surface area contributed by atoms with Crippen molar-refractivity contribution in [1.82, 2.24) is 4.98 Å². The van der Waals surface area contributed by atoms with Crippen molar-refractivity contribution in [3.8, 4) is 5.75 Å². The zero-order chi connectivity index (χ0) is 12.8. The smallest absolute Gasteiger partial charge is 0.119 e. The summed E-state index contributed by atoms with van der Waals surface area (Å²) in [6.07, 6.45) is 4.46.